The van der Waals surface area contributed by atoms with Gasteiger partial charge in [0.25, 0.3) is 0 Å². The van der Waals surface area contributed by atoms with Crippen LogP contribution in [0.2, 0.25) is 0 Å². The molecule has 0 amide bonds. The Bertz CT molecular complexity index is 1390. The normalized spacial score (nSPS) is 22.6. The molecule has 1 atom stereocenters. The molecule has 0 saturated heterocycles. The lowest BCUT2D eigenvalue weighted by Gasteiger charge is -2.67. The third-order valence-electron chi connectivity index (χ3n) is 7.08. The van der Waals surface area contributed by atoms with Crippen molar-refractivity contribution in [3.63, 3.8) is 0 Å². The molecule has 3 fully saturated rings. The Balaban J connectivity index is 1.25. The van der Waals surface area contributed by atoms with Gasteiger partial charge in [-0.3, -0.25) is 14.3 Å². The van der Waals surface area contributed by atoms with Crippen molar-refractivity contribution in [2.75, 3.05) is 0 Å². The van der Waals surface area contributed by atoms with E-state index < -0.39 is 23.8 Å². The first kappa shape index (κ1) is 23.7. The Morgan fingerprint density at radius 3 is 2.53 bits per heavy atom. The van der Waals surface area contributed by atoms with Crippen LogP contribution < -0.4 is 0 Å². The van der Waals surface area contributed by atoms with E-state index >= 15 is 0 Å². The highest BCUT2D eigenvalue weighted by Gasteiger charge is 2.68. The molecule has 3 heterocycles. The molecule has 0 aliphatic heterocycles. The van der Waals surface area contributed by atoms with Crippen LogP contribution in [0.4, 0.5) is 8.78 Å². The van der Waals surface area contributed by atoms with Gasteiger partial charge >= 0.3 is 5.97 Å². The van der Waals surface area contributed by atoms with Gasteiger partial charge in [0, 0.05) is 25.9 Å². The van der Waals surface area contributed by atoms with Gasteiger partial charge in [0.1, 0.15) is 11.9 Å². The number of Topliss-reactive ketones (excluding diaryl/α,β-unsaturated/α-hetero) is 1. The molecule has 0 spiro atoms. The van der Waals surface area contributed by atoms with Crippen LogP contribution >= 0.6 is 0 Å². The minimum absolute atomic E-state index is 0.0516. The van der Waals surface area contributed by atoms with E-state index in [-0.39, 0.29) is 34.4 Å². The second kappa shape index (κ2) is 8.55. The number of carbonyl (C=O) groups excluding carboxylic acids is 2. The van der Waals surface area contributed by atoms with Crippen molar-refractivity contribution < 1.29 is 23.1 Å². The number of pyridine rings is 1. The van der Waals surface area contributed by atoms with E-state index in [9.17, 15) is 18.4 Å². The number of aryl methyl sites for hydroxylation is 1. The Labute approximate surface area is 205 Å². The van der Waals surface area contributed by atoms with Crippen molar-refractivity contribution in [1.29, 1.82) is 5.26 Å². The number of halogens is 2. The lowest BCUT2D eigenvalue weighted by molar-refractivity contribution is -0.159. The molecule has 0 unspecified atom stereocenters. The maximum absolute atomic E-state index is 13.9. The molecule has 0 aromatic carbocycles. The number of ketones is 1. The van der Waals surface area contributed by atoms with Crippen LogP contribution in [0.25, 0.3) is 11.4 Å². The number of aromatic nitrogens is 5. The number of nitrogens with zero attached hydrogens (tertiary/aromatic N) is 6. The number of rotatable bonds is 8. The average Bonchev–Trinajstić information content (AvgIpc) is 3.16. The summed E-state index contributed by atoms with van der Waals surface area (Å²) < 4.78 is 34.1. The van der Waals surface area contributed by atoms with E-state index in [4.69, 9.17) is 10.00 Å². The van der Waals surface area contributed by atoms with Crippen LogP contribution in [-0.4, -0.2) is 36.5 Å². The van der Waals surface area contributed by atoms with Crippen LogP contribution in [0.3, 0.4) is 0 Å². The number of hydrogen-bond donors (Lipinski definition) is 0. The summed E-state index contributed by atoms with van der Waals surface area (Å²) in [6.45, 7) is 1.42. The zero-order chi connectivity index (χ0) is 25.7. The molecule has 184 valence electrons. The first-order chi connectivity index (χ1) is 17.1. The maximum atomic E-state index is 13.9. The maximum Gasteiger partial charge on any atom is 0.312 e. The monoisotopic (exact) mass is 492 g/mol. The molecule has 11 heteroatoms. The number of esters is 1. The molecule has 3 aromatic heterocycles. The fraction of sp³-hybridized carbons (Fsp3) is 0.400. The lowest BCUT2D eigenvalue weighted by Crippen LogP contribution is -2.61. The van der Waals surface area contributed by atoms with Gasteiger partial charge in [0.2, 0.25) is 5.95 Å². The van der Waals surface area contributed by atoms with Gasteiger partial charge in [-0.15, -0.1) is 0 Å². The predicted molar refractivity (Wildman–Crippen MR) is 120 cm³/mol. The van der Waals surface area contributed by atoms with Crippen molar-refractivity contribution in [3.05, 3.63) is 59.4 Å². The van der Waals surface area contributed by atoms with E-state index in [1.165, 1.54) is 30.2 Å². The Hall–Kier alpha value is -4.07. The fourth-order valence-corrected chi connectivity index (χ4v) is 5.38. The third-order valence-corrected chi connectivity index (χ3v) is 7.08. The molecule has 3 aliphatic carbocycles. The summed E-state index contributed by atoms with van der Waals surface area (Å²) in [4.78, 5) is 37.2. The third kappa shape index (κ3) is 4.12. The Kier molecular flexibility index (Phi) is 5.62. The molecule has 6 rings (SSSR count). The summed E-state index contributed by atoms with van der Waals surface area (Å²) in [7, 11) is 1.64. The topological polar surface area (TPSA) is 124 Å². The summed E-state index contributed by atoms with van der Waals surface area (Å²) in [6.07, 6.45) is 6.58. The number of hydrogen-bond acceptors (Lipinski definition) is 8. The van der Waals surface area contributed by atoms with E-state index in [0.717, 1.165) is 31.5 Å². The molecule has 3 saturated carbocycles. The van der Waals surface area contributed by atoms with Gasteiger partial charge in [0.15, 0.2) is 11.6 Å². The van der Waals surface area contributed by atoms with Crippen molar-refractivity contribution in [2.24, 2.45) is 17.9 Å². The van der Waals surface area contributed by atoms with Crippen LogP contribution in [0.15, 0.2) is 30.9 Å². The molecule has 2 bridgehead atoms. The van der Waals surface area contributed by atoms with Crippen LogP contribution in [0.1, 0.15) is 60.3 Å². The quantitative estimate of drug-likeness (QED) is 0.265. The molecule has 9 nitrogen and oxygen atoms in total. The van der Waals surface area contributed by atoms with Crippen LogP contribution in [-0.2, 0) is 23.0 Å². The largest absolute Gasteiger partial charge is 0.457 e. The van der Waals surface area contributed by atoms with Gasteiger partial charge in [-0.25, -0.2) is 19.3 Å². The van der Waals surface area contributed by atoms with Gasteiger partial charge < -0.3 is 4.74 Å². The van der Waals surface area contributed by atoms with Crippen molar-refractivity contribution in [1.82, 2.24) is 24.7 Å². The second-order valence-corrected chi connectivity index (χ2v) is 9.79. The number of nitriles is 1. The molecule has 3 aromatic rings. The van der Waals surface area contributed by atoms with Crippen molar-refractivity contribution in [3.8, 4) is 17.5 Å². The first-order valence-corrected chi connectivity index (χ1v) is 11.4. The summed E-state index contributed by atoms with van der Waals surface area (Å²) in [6, 6.07) is 3.27. The van der Waals surface area contributed by atoms with Gasteiger partial charge in [0.05, 0.1) is 52.7 Å². The van der Waals surface area contributed by atoms with Gasteiger partial charge in [-0.2, -0.15) is 14.8 Å². The SMILES string of the molecule is C[C@@H](OC(=O)Cc1c(-c2ncc(C(=O)CC34CC(C#N)(C3)C4)cn2)cnn1C)c1cc(F)cnc1F. The smallest absolute Gasteiger partial charge is 0.312 e. The average molecular weight is 492 g/mol. The zero-order valence-corrected chi connectivity index (χ0v) is 19.7. The molecule has 0 radical (unpaired) electrons. The Morgan fingerprint density at radius 2 is 1.86 bits per heavy atom. The minimum Gasteiger partial charge on any atom is -0.457 e. The molecule has 0 N–H and O–H groups in total. The first-order valence-electron chi connectivity index (χ1n) is 11.4. The van der Waals surface area contributed by atoms with E-state index in [2.05, 4.69) is 26.1 Å². The molecular weight excluding hydrogens is 470 g/mol. The Morgan fingerprint density at radius 1 is 1.17 bits per heavy atom. The van der Waals surface area contributed by atoms with Crippen LogP contribution in [0.5, 0.6) is 0 Å². The molecule has 36 heavy (non-hydrogen) atoms. The fourth-order valence-electron chi connectivity index (χ4n) is 5.38. The highest BCUT2D eigenvalue weighted by atomic mass is 19.1. The van der Waals surface area contributed by atoms with Crippen molar-refractivity contribution >= 4 is 11.8 Å². The van der Waals surface area contributed by atoms with Crippen molar-refractivity contribution in [2.45, 2.75) is 45.1 Å². The van der Waals surface area contributed by atoms with E-state index in [1.54, 1.807) is 7.05 Å². The molecular formula is C25H22F2N6O3. The lowest BCUT2D eigenvalue weighted by atomic mass is 9.34. The summed E-state index contributed by atoms with van der Waals surface area (Å²) >= 11 is 0. The number of carbonyl (C=O) groups is 2. The van der Waals surface area contributed by atoms with Gasteiger partial charge in [-0.05, 0) is 37.7 Å². The van der Waals surface area contributed by atoms with E-state index in [0.29, 0.717) is 23.2 Å². The van der Waals surface area contributed by atoms with Gasteiger partial charge in [-0.1, -0.05) is 0 Å². The molecule has 3 aliphatic rings. The summed E-state index contributed by atoms with van der Waals surface area (Å²) in [5.74, 6) is -2.12. The zero-order valence-electron chi connectivity index (χ0n) is 19.7. The summed E-state index contributed by atoms with van der Waals surface area (Å²) in [5, 5.41) is 13.3. The van der Waals surface area contributed by atoms with E-state index in [1.807, 2.05) is 0 Å². The predicted octanol–water partition coefficient (Wildman–Crippen LogP) is 3.66. The highest BCUT2D eigenvalue weighted by molar-refractivity contribution is 5.96. The minimum atomic E-state index is -1.05. The summed E-state index contributed by atoms with van der Waals surface area (Å²) in [5.41, 5.74) is 0.899. The van der Waals surface area contributed by atoms with Crippen LogP contribution in [0, 0.1) is 33.9 Å². The number of ether oxygens (including phenoxy) is 1. The second-order valence-electron chi connectivity index (χ2n) is 9.79. The standard InChI is InChI=1S/C25H22F2N6O3/c1-14(17-3-16(26)8-29-22(17)27)36-21(35)4-19-18(9-32-33(19)2)23-30-6-15(7-31-23)20(34)5-24-10-25(11-24,12-24)13-28/h3,6-9,14H,4-5,10-12H2,1-2H3/t14-,24?,25?/m1/s1. The highest BCUT2D eigenvalue weighted by Crippen LogP contribution is 2.74.